The van der Waals surface area contributed by atoms with Gasteiger partial charge in [0.2, 0.25) is 0 Å². The first-order chi connectivity index (χ1) is 13.5. The second kappa shape index (κ2) is 8.17. The van der Waals surface area contributed by atoms with Gasteiger partial charge in [0.15, 0.2) is 11.5 Å². The summed E-state index contributed by atoms with van der Waals surface area (Å²) in [5.41, 5.74) is 1.12. The molecule has 6 heteroatoms. The zero-order chi connectivity index (χ0) is 20.3. The lowest BCUT2D eigenvalue weighted by atomic mass is 9.94. The van der Waals surface area contributed by atoms with Crippen molar-refractivity contribution in [1.29, 1.82) is 0 Å². The summed E-state index contributed by atoms with van der Waals surface area (Å²) in [7, 11) is 3.03. The van der Waals surface area contributed by atoms with E-state index in [0.29, 0.717) is 35.6 Å². The Morgan fingerprint density at radius 2 is 1.75 bits per heavy atom. The Kier molecular flexibility index (Phi) is 5.68. The molecule has 3 rings (SSSR count). The number of likely N-dealkylation sites (tertiary alicyclic amines) is 1. The van der Waals surface area contributed by atoms with E-state index in [0.717, 1.165) is 0 Å². The van der Waals surface area contributed by atoms with Gasteiger partial charge in [0, 0.05) is 17.7 Å². The van der Waals surface area contributed by atoms with Crippen LogP contribution in [0.4, 0.5) is 0 Å². The van der Waals surface area contributed by atoms with Crippen molar-refractivity contribution in [1.82, 2.24) is 4.90 Å². The van der Waals surface area contributed by atoms with E-state index in [4.69, 9.17) is 9.47 Å². The number of para-hydroxylation sites is 1. The molecule has 0 aromatic heterocycles. The van der Waals surface area contributed by atoms with Crippen LogP contribution in [0.1, 0.15) is 30.5 Å². The molecule has 1 atom stereocenters. The second-order valence-corrected chi connectivity index (χ2v) is 6.44. The summed E-state index contributed by atoms with van der Waals surface area (Å²) < 4.78 is 10.9. The van der Waals surface area contributed by atoms with Crippen LogP contribution >= 0.6 is 0 Å². The fourth-order valence-electron chi connectivity index (χ4n) is 3.55. The molecule has 1 aliphatic rings. The van der Waals surface area contributed by atoms with E-state index in [1.165, 1.54) is 19.1 Å². The Hall–Kier alpha value is -3.28. The van der Waals surface area contributed by atoms with Crippen molar-refractivity contribution in [3.63, 3.8) is 0 Å². The normalized spacial score (nSPS) is 18.4. The van der Waals surface area contributed by atoms with Crippen LogP contribution in [0.2, 0.25) is 0 Å². The van der Waals surface area contributed by atoms with Gasteiger partial charge in [-0.1, -0.05) is 49.4 Å². The van der Waals surface area contributed by atoms with Gasteiger partial charge >= 0.3 is 0 Å². The van der Waals surface area contributed by atoms with Crippen molar-refractivity contribution in [2.75, 3.05) is 20.8 Å². The molecular formula is C22H23NO5. The number of carbonyl (C=O) groups excluding carboxylic acids is 2. The fraction of sp³-hybridized carbons (Fsp3) is 0.273. The Morgan fingerprint density at radius 1 is 1.04 bits per heavy atom. The van der Waals surface area contributed by atoms with Crippen molar-refractivity contribution < 1.29 is 24.2 Å². The van der Waals surface area contributed by atoms with Crippen molar-refractivity contribution in [2.45, 2.75) is 19.4 Å². The predicted octanol–water partition coefficient (Wildman–Crippen LogP) is 3.54. The summed E-state index contributed by atoms with van der Waals surface area (Å²) >= 11 is 0. The van der Waals surface area contributed by atoms with E-state index in [9.17, 15) is 14.7 Å². The highest BCUT2D eigenvalue weighted by molar-refractivity contribution is 6.46. The average molecular weight is 381 g/mol. The molecule has 0 radical (unpaired) electrons. The molecule has 2 aromatic carbocycles. The predicted molar refractivity (Wildman–Crippen MR) is 105 cm³/mol. The molecule has 0 saturated carbocycles. The number of hydrogen-bond donors (Lipinski definition) is 1. The zero-order valence-electron chi connectivity index (χ0n) is 16.1. The standard InChI is InChI=1S/C22H23NO5/c1-4-13-23-18(15-11-8-12-16(27-2)21(15)28-3)17(20(25)22(23)26)19(24)14-9-6-5-7-10-14/h5-12,18,24H,4,13H2,1-3H3/b19-17+. The van der Waals surface area contributed by atoms with Crippen molar-refractivity contribution in [3.05, 3.63) is 65.2 Å². The topological polar surface area (TPSA) is 76.1 Å². The van der Waals surface area contributed by atoms with Gasteiger partial charge in [0.25, 0.3) is 11.7 Å². The van der Waals surface area contributed by atoms with E-state index in [-0.39, 0.29) is 11.3 Å². The van der Waals surface area contributed by atoms with Crippen LogP contribution in [0.15, 0.2) is 54.1 Å². The quantitative estimate of drug-likeness (QED) is 0.471. The van der Waals surface area contributed by atoms with E-state index in [2.05, 4.69) is 0 Å². The minimum atomic E-state index is -0.759. The first kappa shape index (κ1) is 19.5. The van der Waals surface area contributed by atoms with Crippen LogP contribution in [-0.2, 0) is 9.59 Å². The van der Waals surface area contributed by atoms with Crippen molar-refractivity contribution >= 4 is 17.4 Å². The number of Topliss-reactive ketones (excluding diaryl/α,β-unsaturated/α-hetero) is 1. The lowest BCUT2D eigenvalue weighted by Crippen LogP contribution is -2.30. The minimum absolute atomic E-state index is 0.0520. The third-order valence-electron chi connectivity index (χ3n) is 4.78. The lowest BCUT2D eigenvalue weighted by molar-refractivity contribution is -0.139. The minimum Gasteiger partial charge on any atom is -0.507 e. The first-order valence-electron chi connectivity index (χ1n) is 9.09. The number of ether oxygens (including phenoxy) is 2. The third-order valence-corrected chi connectivity index (χ3v) is 4.78. The number of aliphatic hydroxyl groups excluding tert-OH is 1. The van der Waals surface area contributed by atoms with Gasteiger partial charge in [-0.05, 0) is 12.5 Å². The number of aliphatic hydroxyl groups is 1. The molecule has 1 heterocycles. The van der Waals surface area contributed by atoms with Crippen LogP contribution in [0.5, 0.6) is 11.5 Å². The summed E-state index contributed by atoms with van der Waals surface area (Å²) in [5.74, 6) is -0.620. The maximum atomic E-state index is 12.9. The second-order valence-electron chi connectivity index (χ2n) is 6.44. The van der Waals surface area contributed by atoms with Gasteiger partial charge in [0.05, 0.1) is 25.8 Å². The molecular weight excluding hydrogens is 358 g/mol. The summed E-state index contributed by atoms with van der Waals surface area (Å²) in [4.78, 5) is 27.1. The maximum absolute atomic E-state index is 12.9. The smallest absolute Gasteiger partial charge is 0.295 e. The third kappa shape index (κ3) is 3.22. The fourth-order valence-corrected chi connectivity index (χ4v) is 3.55. The highest BCUT2D eigenvalue weighted by atomic mass is 16.5. The first-order valence-corrected chi connectivity index (χ1v) is 9.09. The molecule has 1 fully saturated rings. The molecule has 28 heavy (non-hydrogen) atoms. The number of hydrogen-bond acceptors (Lipinski definition) is 5. The molecule has 1 aliphatic heterocycles. The Balaban J connectivity index is 2.27. The summed E-state index contributed by atoms with van der Waals surface area (Å²) in [6.45, 7) is 2.30. The number of carbonyl (C=O) groups is 2. The molecule has 0 spiro atoms. The van der Waals surface area contributed by atoms with Crippen LogP contribution in [0.3, 0.4) is 0 Å². The molecule has 1 amide bonds. The van der Waals surface area contributed by atoms with Crippen LogP contribution in [0.25, 0.3) is 5.76 Å². The van der Waals surface area contributed by atoms with Crippen molar-refractivity contribution in [2.24, 2.45) is 0 Å². The van der Waals surface area contributed by atoms with E-state index >= 15 is 0 Å². The molecule has 1 unspecified atom stereocenters. The SMILES string of the molecule is CCCN1C(=O)C(=O)/C(=C(/O)c2ccccc2)C1c1cccc(OC)c1OC. The number of benzene rings is 2. The van der Waals surface area contributed by atoms with Crippen LogP contribution in [0, 0.1) is 0 Å². The number of nitrogens with zero attached hydrogens (tertiary/aromatic N) is 1. The van der Waals surface area contributed by atoms with E-state index in [1.807, 2.05) is 13.0 Å². The zero-order valence-corrected chi connectivity index (χ0v) is 16.1. The summed E-state index contributed by atoms with van der Waals surface area (Å²) in [6.07, 6.45) is 0.668. The lowest BCUT2D eigenvalue weighted by Gasteiger charge is -2.26. The molecule has 1 saturated heterocycles. The summed E-state index contributed by atoms with van der Waals surface area (Å²) in [6, 6.07) is 13.3. The highest BCUT2D eigenvalue weighted by Crippen LogP contribution is 2.45. The van der Waals surface area contributed by atoms with Gasteiger partial charge in [0.1, 0.15) is 5.76 Å². The molecule has 146 valence electrons. The Labute approximate surface area is 164 Å². The molecule has 6 nitrogen and oxygen atoms in total. The monoisotopic (exact) mass is 381 g/mol. The highest BCUT2D eigenvalue weighted by Gasteiger charge is 2.47. The maximum Gasteiger partial charge on any atom is 0.295 e. The Bertz CT molecular complexity index is 920. The molecule has 1 N–H and O–H groups in total. The van der Waals surface area contributed by atoms with Gasteiger partial charge in [-0.25, -0.2) is 0 Å². The number of rotatable bonds is 6. The van der Waals surface area contributed by atoms with Gasteiger partial charge < -0.3 is 19.5 Å². The van der Waals surface area contributed by atoms with E-state index < -0.39 is 17.7 Å². The van der Waals surface area contributed by atoms with Crippen molar-refractivity contribution in [3.8, 4) is 11.5 Å². The molecule has 0 bridgehead atoms. The van der Waals surface area contributed by atoms with Gasteiger partial charge in [-0.3, -0.25) is 9.59 Å². The van der Waals surface area contributed by atoms with E-state index in [1.54, 1.807) is 42.5 Å². The number of ketones is 1. The van der Waals surface area contributed by atoms with Crippen LogP contribution < -0.4 is 9.47 Å². The molecule has 2 aromatic rings. The van der Waals surface area contributed by atoms with Gasteiger partial charge in [-0.2, -0.15) is 0 Å². The summed E-state index contributed by atoms with van der Waals surface area (Å²) in [5, 5.41) is 10.9. The number of methoxy groups -OCH3 is 2. The van der Waals surface area contributed by atoms with Gasteiger partial charge in [-0.15, -0.1) is 0 Å². The van der Waals surface area contributed by atoms with Crippen LogP contribution in [-0.4, -0.2) is 42.5 Å². The molecule has 0 aliphatic carbocycles. The average Bonchev–Trinajstić information content (AvgIpc) is 2.98. The largest absolute Gasteiger partial charge is 0.507 e. The number of amides is 1. The Morgan fingerprint density at radius 3 is 2.36 bits per heavy atom.